The summed E-state index contributed by atoms with van der Waals surface area (Å²) in [5, 5.41) is 10.3. The Morgan fingerprint density at radius 2 is 1.66 bits per heavy atom. The van der Waals surface area contributed by atoms with E-state index in [0.29, 0.717) is 5.76 Å². The van der Waals surface area contributed by atoms with E-state index in [1.54, 1.807) is 14.2 Å². The molecule has 5 nitrogen and oxygen atoms in total. The van der Waals surface area contributed by atoms with Gasteiger partial charge in [-0.15, -0.1) is 0 Å². The highest BCUT2D eigenvalue weighted by Crippen LogP contribution is 2.37. The van der Waals surface area contributed by atoms with E-state index in [-0.39, 0.29) is 12.0 Å². The van der Waals surface area contributed by atoms with Crippen LogP contribution in [0.1, 0.15) is 57.2 Å². The number of hydrogen-bond donors (Lipinski definition) is 0. The van der Waals surface area contributed by atoms with Crippen molar-refractivity contribution in [2.24, 2.45) is 5.92 Å². The first-order valence-corrected chi connectivity index (χ1v) is 12.4. The monoisotopic (exact) mass is 478 g/mol. The van der Waals surface area contributed by atoms with E-state index in [1.165, 1.54) is 5.56 Å². The van der Waals surface area contributed by atoms with E-state index >= 15 is 0 Å². The van der Waals surface area contributed by atoms with Gasteiger partial charge in [-0.1, -0.05) is 50.8 Å². The molecule has 0 aliphatic rings. The molecular weight excluding hydrogens is 436 g/mol. The average Bonchev–Trinajstić information content (AvgIpc) is 2.84. The predicted molar refractivity (Wildman–Crippen MR) is 144 cm³/mol. The molecule has 2 aromatic carbocycles. The Labute approximate surface area is 212 Å². The lowest BCUT2D eigenvalue weighted by atomic mass is 9.69. The van der Waals surface area contributed by atoms with Crippen molar-refractivity contribution >= 4 is 5.76 Å². The lowest BCUT2D eigenvalue weighted by molar-refractivity contribution is 0.205. The largest absolute Gasteiger partial charge is 0.493 e. The molecule has 0 saturated carbocycles. The molecule has 0 saturated heterocycles. The number of methoxy groups -OCH3 is 2. The third kappa shape index (κ3) is 7.50. The molecular formula is C30H42N2O3. The first-order valence-electron chi connectivity index (χ1n) is 12.4. The lowest BCUT2D eigenvalue weighted by Crippen LogP contribution is -2.32. The van der Waals surface area contributed by atoms with Crippen LogP contribution < -0.4 is 9.47 Å². The van der Waals surface area contributed by atoms with Crippen LogP contribution in [-0.4, -0.2) is 45.4 Å². The van der Waals surface area contributed by atoms with Crippen LogP contribution in [0.4, 0.5) is 0 Å². The Balaban J connectivity index is 1.99. The zero-order valence-electron chi connectivity index (χ0n) is 22.6. The fourth-order valence-corrected chi connectivity index (χ4v) is 4.42. The van der Waals surface area contributed by atoms with Gasteiger partial charge in [0.2, 0.25) is 0 Å². The minimum atomic E-state index is -0.525. The molecule has 0 aromatic heterocycles. The van der Waals surface area contributed by atoms with Gasteiger partial charge in [-0.3, -0.25) is 0 Å². The molecule has 1 unspecified atom stereocenters. The molecule has 0 aliphatic carbocycles. The summed E-state index contributed by atoms with van der Waals surface area (Å²) in [6.45, 7) is 14.2. The fraction of sp³-hybridized carbons (Fsp3) is 0.500. The van der Waals surface area contributed by atoms with Crippen LogP contribution in [0, 0.1) is 17.2 Å². The standard InChI is InChI=1S/C30H42N2O3/c1-22(2)30(21-31,27-13-11-26(12-14-27)24(5)35-23(3)4)17-9-18-32(6)19-16-25-10-15-28(33-7)29(20-25)34-8/h10-15,20,22-23H,5,9,16-19H2,1-4,6-8H3. The number of likely N-dealkylation sites (N-methyl/N-ethyl adjacent to an activating group) is 1. The van der Waals surface area contributed by atoms with Gasteiger partial charge in [-0.25, -0.2) is 0 Å². The maximum atomic E-state index is 10.3. The third-order valence-corrected chi connectivity index (χ3v) is 6.63. The maximum Gasteiger partial charge on any atom is 0.160 e. The zero-order valence-corrected chi connectivity index (χ0v) is 22.6. The molecule has 2 aromatic rings. The van der Waals surface area contributed by atoms with Gasteiger partial charge < -0.3 is 19.1 Å². The Morgan fingerprint density at radius 3 is 2.20 bits per heavy atom. The van der Waals surface area contributed by atoms with Gasteiger partial charge in [0.15, 0.2) is 11.5 Å². The second kappa shape index (κ2) is 13.2. The summed E-state index contributed by atoms with van der Waals surface area (Å²) in [5.74, 6) is 2.37. The van der Waals surface area contributed by atoms with Crippen LogP contribution >= 0.6 is 0 Å². The van der Waals surface area contributed by atoms with Gasteiger partial charge in [-0.2, -0.15) is 5.26 Å². The summed E-state index contributed by atoms with van der Waals surface area (Å²) in [5.41, 5.74) is 2.70. The zero-order chi connectivity index (χ0) is 26.0. The fourth-order valence-electron chi connectivity index (χ4n) is 4.42. The minimum Gasteiger partial charge on any atom is -0.493 e. The lowest BCUT2D eigenvalue weighted by Gasteiger charge is -2.32. The van der Waals surface area contributed by atoms with Crippen LogP contribution in [0.25, 0.3) is 5.76 Å². The summed E-state index contributed by atoms with van der Waals surface area (Å²) in [6.07, 6.45) is 2.76. The smallest absolute Gasteiger partial charge is 0.160 e. The van der Waals surface area contributed by atoms with Crippen molar-refractivity contribution < 1.29 is 14.2 Å². The van der Waals surface area contributed by atoms with E-state index in [1.807, 2.05) is 38.1 Å². The topological polar surface area (TPSA) is 54.7 Å². The van der Waals surface area contributed by atoms with Crippen LogP contribution in [0.2, 0.25) is 0 Å². The molecule has 0 amide bonds. The van der Waals surface area contributed by atoms with E-state index in [9.17, 15) is 5.26 Å². The number of hydrogen-bond acceptors (Lipinski definition) is 5. The molecule has 0 heterocycles. The van der Waals surface area contributed by atoms with Gasteiger partial charge in [0, 0.05) is 12.1 Å². The van der Waals surface area contributed by atoms with Crippen LogP contribution in [0.3, 0.4) is 0 Å². The summed E-state index contributed by atoms with van der Waals surface area (Å²) in [6, 6.07) is 16.9. The molecule has 5 heteroatoms. The van der Waals surface area contributed by atoms with E-state index in [0.717, 1.165) is 55.0 Å². The van der Waals surface area contributed by atoms with Gasteiger partial charge in [-0.05, 0) is 75.9 Å². The minimum absolute atomic E-state index is 0.0831. The quantitative estimate of drug-likeness (QED) is 0.291. The van der Waals surface area contributed by atoms with E-state index in [4.69, 9.17) is 14.2 Å². The Morgan fingerprint density at radius 1 is 1.00 bits per heavy atom. The Bertz CT molecular complexity index is 992. The number of nitrogens with zero attached hydrogens (tertiary/aromatic N) is 2. The second-order valence-electron chi connectivity index (χ2n) is 9.75. The average molecular weight is 479 g/mol. The maximum absolute atomic E-state index is 10.3. The van der Waals surface area contributed by atoms with E-state index < -0.39 is 5.41 Å². The Hall–Kier alpha value is -2.97. The number of nitriles is 1. The SMILES string of the molecule is C=C(OC(C)C)c1ccc(C(C#N)(CCCN(C)CCc2ccc(OC)c(OC)c2)C(C)C)cc1. The highest BCUT2D eigenvalue weighted by atomic mass is 16.5. The molecule has 0 radical (unpaired) electrons. The molecule has 0 spiro atoms. The van der Waals surface area contributed by atoms with Crippen molar-refractivity contribution in [1.82, 2.24) is 4.90 Å². The normalized spacial score (nSPS) is 12.9. The molecule has 2 rings (SSSR count). The van der Waals surface area contributed by atoms with Crippen LogP contribution in [-0.2, 0) is 16.6 Å². The third-order valence-electron chi connectivity index (χ3n) is 6.63. The molecule has 35 heavy (non-hydrogen) atoms. The first-order chi connectivity index (χ1) is 16.7. The molecule has 0 bridgehead atoms. The van der Waals surface area contributed by atoms with Crippen LogP contribution in [0.15, 0.2) is 49.0 Å². The summed E-state index contributed by atoms with van der Waals surface area (Å²) in [7, 11) is 5.45. The predicted octanol–water partition coefficient (Wildman–Crippen LogP) is 6.47. The van der Waals surface area contributed by atoms with Crippen LogP contribution in [0.5, 0.6) is 11.5 Å². The highest BCUT2D eigenvalue weighted by molar-refractivity contribution is 5.58. The number of ether oxygens (including phenoxy) is 3. The highest BCUT2D eigenvalue weighted by Gasteiger charge is 2.35. The second-order valence-corrected chi connectivity index (χ2v) is 9.75. The van der Waals surface area contributed by atoms with Crippen molar-refractivity contribution in [1.29, 1.82) is 5.26 Å². The van der Waals surface area contributed by atoms with Gasteiger partial charge in [0.05, 0.1) is 31.8 Å². The summed E-state index contributed by atoms with van der Waals surface area (Å²) < 4.78 is 16.5. The van der Waals surface area contributed by atoms with Crippen molar-refractivity contribution in [3.05, 3.63) is 65.7 Å². The molecule has 0 N–H and O–H groups in total. The van der Waals surface area contributed by atoms with Crippen molar-refractivity contribution in [3.8, 4) is 17.6 Å². The molecule has 0 aliphatic heterocycles. The Kier molecular flexibility index (Phi) is 10.7. The van der Waals surface area contributed by atoms with Gasteiger partial charge in [0.1, 0.15) is 5.76 Å². The van der Waals surface area contributed by atoms with E-state index in [2.05, 4.69) is 56.6 Å². The van der Waals surface area contributed by atoms with Crippen molar-refractivity contribution in [2.75, 3.05) is 34.4 Å². The number of rotatable bonds is 14. The molecule has 0 fully saturated rings. The van der Waals surface area contributed by atoms with Crippen molar-refractivity contribution in [3.63, 3.8) is 0 Å². The molecule has 1 atom stereocenters. The number of benzene rings is 2. The van der Waals surface area contributed by atoms with Gasteiger partial charge >= 0.3 is 0 Å². The molecule has 190 valence electrons. The summed E-state index contributed by atoms with van der Waals surface area (Å²) >= 11 is 0. The summed E-state index contributed by atoms with van der Waals surface area (Å²) in [4.78, 5) is 2.33. The van der Waals surface area contributed by atoms with Gasteiger partial charge in [0.25, 0.3) is 0 Å². The van der Waals surface area contributed by atoms with Crippen molar-refractivity contribution in [2.45, 2.75) is 58.5 Å². The first kappa shape index (κ1) is 28.3.